The number of hydrogen-bond donors (Lipinski definition) is 1. The Morgan fingerprint density at radius 3 is 2.28 bits per heavy atom. The maximum Gasteiger partial charge on any atom is 0.337 e. The van der Waals surface area contributed by atoms with Crippen molar-refractivity contribution in [3.05, 3.63) is 71.1 Å². The van der Waals surface area contributed by atoms with Gasteiger partial charge in [-0.3, -0.25) is 4.79 Å². The first kappa shape index (κ1) is 21.7. The van der Waals surface area contributed by atoms with E-state index in [9.17, 15) is 27.6 Å². The molecular weight excluding hydrogens is 391 g/mol. The van der Waals surface area contributed by atoms with Crippen LogP contribution >= 0.6 is 0 Å². The minimum absolute atomic E-state index is 0.335. The number of nitrogens with one attached hydrogen (secondary N) is 1. The van der Waals surface area contributed by atoms with Crippen LogP contribution in [0, 0.1) is 17.5 Å². The predicted octanol–water partition coefficient (Wildman–Crippen LogP) is 3.47. The molecule has 0 spiro atoms. The average molecular weight is 407 g/mol. The van der Waals surface area contributed by atoms with Gasteiger partial charge < -0.3 is 14.8 Å². The Morgan fingerprint density at radius 2 is 1.66 bits per heavy atom. The molecule has 0 aliphatic rings. The van der Waals surface area contributed by atoms with Crippen molar-refractivity contribution >= 4 is 29.6 Å². The first-order chi connectivity index (χ1) is 13.7. The molecule has 1 amide bonds. The third-order valence-electron chi connectivity index (χ3n) is 3.70. The fraction of sp³-hybridized carbons (Fsp3) is 0.150. The van der Waals surface area contributed by atoms with Gasteiger partial charge in [0.1, 0.15) is 0 Å². The maximum absolute atomic E-state index is 13.6. The minimum Gasteiger partial charge on any atom is -0.465 e. The highest BCUT2D eigenvalue weighted by atomic mass is 19.2. The van der Waals surface area contributed by atoms with Crippen LogP contribution in [0.2, 0.25) is 0 Å². The molecule has 0 radical (unpaired) electrons. The summed E-state index contributed by atoms with van der Waals surface area (Å²) in [6.07, 6.45) is 1.11. The lowest BCUT2D eigenvalue weighted by Gasteiger charge is -2.13. The highest BCUT2D eigenvalue weighted by molar-refractivity contribution is 5.96. The van der Waals surface area contributed by atoms with E-state index in [0.29, 0.717) is 17.2 Å². The van der Waals surface area contributed by atoms with E-state index in [1.165, 1.54) is 32.2 Å². The van der Waals surface area contributed by atoms with Gasteiger partial charge in [0.25, 0.3) is 5.91 Å². The number of halogens is 3. The molecule has 9 heteroatoms. The minimum atomic E-state index is -1.73. The van der Waals surface area contributed by atoms with E-state index in [2.05, 4.69) is 4.74 Å². The van der Waals surface area contributed by atoms with Gasteiger partial charge in [0.15, 0.2) is 23.6 Å². The molecular formula is C20H16F3NO5. The molecule has 2 rings (SSSR count). The van der Waals surface area contributed by atoms with E-state index in [-0.39, 0.29) is 0 Å². The average Bonchev–Trinajstić information content (AvgIpc) is 2.72. The maximum atomic E-state index is 13.6. The fourth-order valence-corrected chi connectivity index (χ4v) is 2.14. The van der Waals surface area contributed by atoms with E-state index in [1.807, 2.05) is 5.32 Å². The van der Waals surface area contributed by atoms with E-state index in [1.54, 1.807) is 12.1 Å². The van der Waals surface area contributed by atoms with Crippen LogP contribution in [-0.2, 0) is 19.1 Å². The lowest BCUT2D eigenvalue weighted by Crippen LogP contribution is -2.29. The molecule has 0 heterocycles. The summed E-state index contributed by atoms with van der Waals surface area (Å²) >= 11 is 0. The normalized spacial score (nSPS) is 11.8. The van der Waals surface area contributed by atoms with Gasteiger partial charge in [-0.1, -0.05) is 12.1 Å². The molecule has 2 aromatic carbocycles. The Balaban J connectivity index is 1.94. The number of methoxy groups -OCH3 is 1. The predicted molar refractivity (Wildman–Crippen MR) is 97.3 cm³/mol. The van der Waals surface area contributed by atoms with Crippen LogP contribution in [0.15, 0.2) is 42.5 Å². The van der Waals surface area contributed by atoms with E-state index in [4.69, 9.17) is 4.74 Å². The van der Waals surface area contributed by atoms with Crippen molar-refractivity contribution < 1.29 is 37.0 Å². The molecule has 0 aromatic heterocycles. The molecule has 0 unspecified atom stereocenters. The van der Waals surface area contributed by atoms with Gasteiger partial charge in [-0.15, -0.1) is 0 Å². The molecule has 1 atom stereocenters. The molecule has 0 saturated carbocycles. The zero-order valence-electron chi connectivity index (χ0n) is 15.4. The zero-order valence-corrected chi connectivity index (χ0v) is 15.4. The molecule has 0 bridgehead atoms. The quantitative estimate of drug-likeness (QED) is 0.451. The third-order valence-corrected chi connectivity index (χ3v) is 3.70. The molecule has 0 aliphatic heterocycles. The summed E-state index contributed by atoms with van der Waals surface area (Å²) in [5.41, 5.74) is 0.329. The highest BCUT2D eigenvalue weighted by Gasteiger charge is 2.20. The number of esters is 2. The number of carbonyl (C=O) groups is 3. The van der Waals surface area contributed by atoms with Gasteiger partial charge in [-0.2, -0.15) is 0 Å². The number of ether oxygens (including phenoxy) is 2. The lowest BCUT2D eigenvalue weighted by atomic mass is 10.1. The Labute approximate surface area is 163 Å². The summed E-state index contributed by atoms with van der Waals surface area (Å²) in [6.45, 7) is 1.23. The van der Waals surface area contributed by atoms with Crippen molar-refractivity contribution in [1.82, 2.24) is 0 Å². The zero-order chi connectivity index (χ0) is 21.6. The largest absolute Gasteiger partial charge is 0.465 e. The van der Waals surface area contributed by atoms with Crippen molar-refractivity contribution in [2.45, 2.75) is 13.0 Å². The standard InChI is InChI=1S/C20H16F3NO5/c1-11(19(26)24-15-9-8-14(21)17(22)18(15)23)29-16(25)10-5-12-3-6-13(7-4-12)20(27)28-2/h3-11H,1-2H3,(H,24,26)/b10-5+/t11-/m1/s1. The van der Waals surface area contributed by atoms with Crippen LogP contribution in [0.1, 0.15) is 22.8 Å². The van der Waals surface area contributed by atoms with Crippen LogP contribution in [-0.4, -0.2) is 31.1 Å². The number of hydrogen-bond acceptors (Lipinski definition) is 5. The Morgan fingerprint density at radius 1 is 1.00 bits per heavy atom. The van der Waals surface area contributed by atoms with Crippen LogP contribution < -0.4 is 5.32 Å². The number of benzene rings is 2. The number of amides is 1. The monoisotopic (exact) mass is 407 g/mol. The summed E-state index contributed by atoms with van der Waals surface area (Å²) in [5, 5.41) is 2.01. The summed E-state index contributed by atoms with van der Waals surface area (Å²) in [7, 11) is 1.25. The Kier molecular flexibility index (Phi) is 7.13. The Hall–Kier alpha value is -3.62. The molecule has 2 aromatic rings. The summed E-state index contributed by atoms with van der Waals surface area (Å²) in [4.78, 5) is 35.1. The first-order valence-electron chi connectivity index (χ1n) is 8.24. The summed E-state index contributed by atoms with van der Waals surface area (Å²) in [5.74, 6) is -6.99. The molecule has 6 nitrogen and oxygen atoms in total. The SMILES string of the molecule is COC(=O)c1ccc(/C=C/C(=O)O[C@H](C)C(=O)Nc2ccc(F)c(F)c2F)cc1. The second-order valence-corrected chi connectivity index (χ2v) is 5.74. The molecule has 0 fully saturated rings. The number of rotatable bonds is 6. The van der Waals surface area contributed by atoms with E-state index < -0.39 is 47.1 Å². The second-order valence-electron chi connectivity index (χ2n) is 5.74. The van der Waals surface area contributed by atoms with Crippen molar-refractivity contribution in [3.8, 4) is 0 Å². The molecule has 152 valence electrons. The molecule has 0 aliphatic carbocycles. The third kappa shape index (κ3) is 5.68. The van der Waals surface area contributed by atoms with Crippen molar-refractivity contribution in [2.75, 3.05) is 12.4 Å². The van der Waals surface area contributed by atoms with Crippen molar-refractivity contribution in [3.63, 3.8) is 0 Å². The van der Waals surface area contributed by atoms with Crippen LogP contribution in [0.25, 0.3) is 6.08 Å². The smallest absolute Gasteiger partial charge is 0.337 e. The van der Waals surface area contributed by atoms with Gasteiger partial charge in [0, 0.05) is 6.08 Å². The Bertz CT molecular complexity index is 957. The van der Waals surface area contributed by atoms with Crippen LogP contribution in [0.5, 0.6) is 0 Å². The first-order valence-corrected chi connectivity index (χ1v) is 8.24. The van der Waals surface area contributed by atoms with Gasteiger partial charge in [0.05, 0.1) is 18.4 Å². The molecule has 29 heavy (non-hydrogen) atoms. The van der Waals surface area contributed by atoms with Crippen molar-refractivity contribution in [2.24, 2.45) is 0 Å². The second kappa shape index (κ2) is 9.54. The fourth-order valence-electron chi connectivity index (χ4n) is 2.14. The van der Waals surface area contributed by atoms with Crippen molar-refractivity contribution in [1.29, 1.82) is 0 Å². The topological polar surface area (TPSA) is 81.7 Å². The molecule has 0 saturated heterocycles. The molecule has 1 N–H and O–H groups in total. The summed E-state index contributed by atoms with van der Waals surface area (Å²) < 4.78 is 49.1. The lowest BCUT2D eigenvalue weighted by molar-refractivity contribution is -0.148. The van der Waals surface area contributed by atoms with Gasteiger partial charge >= 0.3 is 11.9 Å². The van der Waals surface area contributed by atoms with Gasteiger partial charge in [-0.25, -0.2) is 22.8 Å². The number of carbonyl (C=O) groups excluding carboxylic acids is 3. The van der Waals surface area contributed by atoms with Gasteiger partial charge in [0.2, 0.25) is 0 Å². The number of anilines is 1. The van der Waals surface area contributed by atoms with Crippen LogP contribution in [0.4, 0.5) is 18.9 Å². The summed E-state index contributed by atoms with van der Waals surface area (Å²) in [6, 6.07) is 7.64. The van der Waals surface area contributed by atoms with Gasteiger partial charge in [-0.05, 0) is 42.8 Å². The van der Waals surface area contributed by atoms with E-state index >= 15 is 0 Å². The van der Waals surface area contributed by atoms with E-state index in [0.717, 1.165) is 12.1 Å². The highest BCUT2D eigenvalue weighted by Crippen LogP contribution is 2.20. The van der Waals surface area contributed by atoms with Crippen LogP contribution in [0.3, 0.4) is 0 Å².